The topological polar surface area (TPSA) is 73.4 Å². The molecule has 2 rings (SSSR count). The van der Waals surface area contributed by atoms with Crippen molar-refractivity contribution in [3.05, 3.63) is 0 Å². The van der Waals surface area contributed by atoms with Crippen LogP contribution in [0.4, 0.5) is 0 Å². The van der Waals surface area contributed by atoms with Crippen molar-refractivity contribution < 1.29 is 4.79 Å². The molecule has 1 amide bonds. The Balaban J connectivity index is 1.83. The zero-order valence-electron chi connectivity index (χ0n) is 10.1. The van der Waals surface area contributed by atoms with Gasteiger partial charge in [-0.05, 0) is 25.7 Å². The first-order valence-electron chi connectivity index (χ1n) is 6.37. The van der Waals surface area contributed by atoms with Gasteiger partial charge in [0.05, 0.1) is 12.6 Å². The summed E-state index contributed by atoms with van der Waals surface area (Å²) in [5.74, 6) is 0.101. The van der Waals surface area contributed by atoms with Crippen LogP contribution in [0.1, 0.15) is 25.7 Å². The van der Waals surface area contributed by atoms with E-state index >= 15 is 0 Å². The molecule has 0 spiro atoms. The predicted molar refractivity (Wildman–Crippen MR) is 64.0 cm³/mol. The number of amides is 1. The van der Waals surface area contributed by atoms with Gasteiger partial charge in [0.1, 0.15) is 6.04 Å². The molecule has 0 aromatic carbocycles. The number of piperidine rings is 1. The van der Waals surface area contributed by atoms with E-state index in [-0.39, 0.29) is 11.9 Å². The Kier molecular flexibility index (Phi) is 3.97. The fourth-order valence-electron chi connectivity index (χ4n) is 2.59. The highest BCUT2D eigenvalue weighted by atomic mass is 16.2. The zero-order chi connectivity index (χ0) is 12.3. The van der Waals surface area contributed by atoms with Crippen molar-refractivity contribution in [3.63, 3.8) is 0 Å². The summed E-state index contributed by atoms with van der Waals surface area (Å²) < 4.78 is 0. The van der Waals surface area contributed by atoms with Crippen molar-refractivity contribution in [2.45, 2.75) is 37.8 Å². The highest BCUT2D eigenvalue weighted by molar-refractivity contribution is 5.79. The smallest absolute Gasteiger partial charge is 0.237 e. The summed E-state index contributed by atoms with van der Waals surface area (Å²) in [5, 5.41) is 8.95. The van der Waals surface area contributed by atoms with Crippen molar-refractivity contribution in [3.8, 4) is 6.07 Å². The van der Waals surface area contributed by atoms with Gasteiger partial charge in [-0.3, -0.25) is 9.69 Å². The van der Waals surface area contributed by atoms with Crippen molar-refractivity contribution in [2.75, 3.05) is 26.2 Å². The number of carbonyl (C=O) groups is 1. The molecule has 0 aromatic rings. The van der Waals surface area contributed by atoms with Gasteiger partial charge in [-0.25, -0.2) is 0 Å². The van der Waals surface area contributed by atoms with Crippen LogP contribution < -0.4 is 5.73 Å². The van der Waals surface area contributed by atoms with Crippen LogP contribution in [0.3, 0.4) is 0 Å². The van der Waals surface area contributed by atoms with Crippen LogP contribution in [0.15, 0.2) is 0 Å². The SMILES string of the molecule is N#C[C@@H]1CCCN1C(=O)CN1CCC(N)CC1. The minimum Gasteiger partial charge on any atom is -0.328 e. The molecule has 1 atom stereocenters. The van der Waals surface area contributed by atoms with Crippen molar-refractivity contribution >= 4 is 5.91 Å². The van der Waals surface area contributed by atoms with Gasteiger partial charge in [0.25, 0.3) is 0 Å². The molecule has 2 heterocycles. The van der Waals surface area contributed by atoms with Crippen molar-refractivity contribution in [1.29, 1.82) is 5.26 Å². The molecule has 0 saturated carbocycles. The quantitative estimate of drug-likeness (QED) is 0.728. The van der Waals surface area contributed by atoms with Crippen molar-refractivity contribution in [1.82, 2.24) is 9.80 Å². The van der Waals surface area contributed by atoms with E-state index in [1.54, 1.807) is 4.90 Å². The van der Waals surface area contributed by atoms with Gasteiger partial charge in [-0.1, -0.05) is 0 Å². The average molecular weight is 236 g/mol. The third-order valence-corrected chi connectivity index (χ3v) is 3.71. The molecule has 2 aliphatic heterocycles. The molecular weight excluding hydrogens is 216 g/mol. The number of nitriles is 1. The normalized spacial score (nSPS) is 27.1. The zero-order valence-corrected chi connectivity index (χ0v) is 10.1. The van der Waals surface area contributed by atoms with Crippen LogP contribution in [0, 0.1) is 11.3 Å². The minimum absolute atomic E-state index is 0.101. The monoisotopic (exact) mass is 236 g/mol. The standard InChI is InChI=1S/C12H20N4O/c13-8-11-2-1-5-16(11)12(17)9-15-6-3-10(14)4-7-15/h10-11H,1-7,9,14H2/t11-/m0/s1. The second-order valence-electron chi connectivity index (χ2n) is 4.99. The number of carbonyl (C=O) groups excluding carboxylic acids is 1. The summed E-state index contributed by atoms with van der Waals surface area (Å²) in [6.45, 7) is 2.99. The first kappa shape index (κ1) is 12.3. The molecule has 2 saturated heterocycles. The van der Waals surface area contributed by atoms with Crippen LogP contribution in [0.2, 0.25) is 0 Å². The first-order chi connectivity index (χ1) is 8.20. The van der Waals surface area contributed by atoms with Gasteiger partial charge in [0.2, 0.25) is 5.91 Å². The molecule has 0 bridgehead atoms. The third-order valence-electron chi connectivity index (χ3n) is 3.71. The summed E-state index contributed by atoms with van der Waals surface area (Å²) >= 11 is 0. The van der Waals surface area contributed by atoms with Gasteiger partial charge in [-0.2, -0.15) is 5.26 Å². The molecule has 5 heteroatoms. The molecule has 2 fully saturated rings. The van der Waals surface area contributed by atoms with Gasteiger partial charge in [0, 0.05) is 25.7 Å². The maximum atomic E-state index is 12.1. The Morgan fingerprint density at radius 1 is 1.29 bits per heavy atom. The van der Waals surface area contributed by atoms with E-state index < -0.39 is 0 Å². The van der Waals surface area contributed by atoms with Crippen molar-refractivity contribution in [2.24, 2.45) is 5.73 Å². The summed E-state index contributed by atoms with van der Waals surface area (Å²) in [6.07, 6.45) is 3.71. The van der Waals surface area contributed by atoms with Crippen LogP contribution in [0.5, 0.6) is 0 Å². The van der Waals surface area contributed by atoms with Gasteiger partial charge < -0.3 is 10.6 Å². The van der Waals surface area contributed by atoms with E-state index in [9.17, 15) is 4.79 Å². The Morgan fingerprint density at radius 2 is 2.00 bits per heavy atom. The Morgan fingerprint density at radius 3 is 2.65 bits per heavy atom. The Labute approximate surface area is 102 Å². The lowest BCUT2D eigenvalue weighted by Crippen LogP contribution is -2.46. The second-order valence-corrected chi connectivity index (χ2v) is 4.99. The lowest BCUT2D eigenvalue weighted by atomic mass is 10.1. The summed E-state index contributed by atoms with van der Waals surface area (Å²) in [5.41, 5.74) is 5.83. The summed E-state index contributed by atoms with van der Waals surface area (Å²) in [6, 6.07) is 2.30. The van der Waals surface area contributed by atoms with E-state index in [0.29, 0.717) is 12.6 Å². The third kappa shape index (κ3) is 2.96. The highest BCUT2D eigenvalue weighted by Crippen LogP contribution is 2.17. The fourth-order valence-corrected chi connectivity index (χ4v) is 2.59. The summed E-state index contributed by atoms with van der Waals surface area (Å²) in [7, 11) is 0. The van der Waals surface area contributed by atoms with E-state index in [1.807, 2.05) is 0 Å². The van der Waals surface area contributed by atoms with Crippen LogP contribution in [0.25, 0.3) is 0 Å². The molecule has 0 aliphatic carbocycles. The molecule has 5 nitrogen and oxygen atoms in total. The van der Waals surface area contributed by atoms with Gasteiger partial charge in [-0.15, -0.1) is 0 Å². The van der Waals surface area contributed by atoms with Gasteiger partial charge >= 0.3 is 0 Å². The van der Waals surface area contributed by atoms with E-state index in [1.165, 1.54) is 0 Å². The fraction of sp³-hybridized carbons (Fsp3) is 0.833. The second kappa shape index (κ2) is 5.48. The van der Waals surface area contributed by atoms with Gasteiger partial charge in [0.15, 0.2) is 0 Å². The average Bonchev–Trinajstić information content (AvgIpc) is 2.80. The van der Waals surface area contributed by atoms with Crippen LogP contribution in [-0.4, -0.2) is 54.0 Å². The molecule has 0 unspecified atom stereocenters. The number of likely N-dealkylation sites (tertiary alicyclic amines) is 2. The molecular formula is C12H20N4O. The van der Waals surface area contributed by atoms with Crippen LogP contribution in [-0.2, 0) is 4.79 Å². The number of nitrogens with zero attached hydrogens (tertiary/aromatic N) is 3. The molecule has 2 N–H and O–H groups in total. The maximum absolute atomic E-state index is 12.1. The molecule has 0 radical (unpaired) electrons. The number of hydrogen-bond donors (Lipinski definition) is 1. The number of nitrogens with two attached hydrogens (primary N) is 1. The Bertz CT molecular complexity index is 317. The lowest BCUT2D eigenvalue weighted by Gasteiger charge is -2.31. The highest BCUT2D eigenvalue weighted by Gasteiger charge is 2.29. The number of hydrogen-bond acceptors (Lipinski definition) is 4. The maximum Gasteiger partial charge on any atom is 0.237 e. The first-order valence-corrected chi connectivity index (χ1v) is 6.37. The minimum atomic E-state index is -0.199. The van der Waals surface area contributed by atoms with E-state index in [4.69, 9.17) is 11.0 Å². The van der Waals surface area contributed by atoms with E-state index in [2.05, 4.69) is 11.0 Å². The van der Waals surface area contributed by atoms with E-state index in [0.717, 1.165) is 45.3 Å². The number of rotatable bonds is 2. The summed E-state index contributed by atoms with van der Waals surface area (Å²) in [4.78, 5) is 15.9. The van der Waals surface area contributed by atoms with Crippen LogP contribution >= 0.6 is 0 Å². The Hall–Kier alpha value is -1.12. The lowest BCUT2D eigenvalue weighted by molar-refractivity contribution is -0.132. The largest absolute Gasteiger partial charge is 0.328 e. The predicted octanol–water partition coefficient (Wildman–Crippen LogP) is -0.0759. The molecule has 94 valence electrons. The molecule has 17 heavy (non-hydrogen) atoms. The molecule has 2 aliphatic rings. The molecule has 0 aromatic heterocycles.